The first-order valence-electron chi connectivity index (χ1n) is 21.1. The van der Waals surface area contributed by atoms with Gasteiger partial charge >= 0.3 is 0 Å². The second kappa shape index (κ2) is 17.7. The Kier molecular flexibility index (Phi) is 11.8. The molecule has 0 spiro atoms. The summed E-state index contributed by atoms with van der Waals surface area (Å²) in [6.45, 7) is 9.66. The maximum absolute atomic E-state index is 13.3. The largest absolute Gasteiger partial charge is 0.508 e. The molecule has 9 rings (SSSR count). The van der Waals surface area contributed by atoms with Gasteiger partial charge < -0.3 is 29.5 Å². The molecule has 0 radical (unpaired) electrons. The van der Waals surface area contributed by atoms with Gasteiger partial charge in [-0.2, -0.15) is 0 Å². The van der Waals surface area contributed by atoms with Crippen molar-refractivity contribution in [1.82, 2.24) is 24.9 Å². The van der Waals surface area contributed by atoms with Gasteiger partial charge in [0.1, 0.15) is 35.6 Å². The van der Waals surface area contributed by atoms with E-state index < -0.39 is 23.8 Å². The Morgan fingerprint density at radius 2 is 1.33 bits per heavy atom. The van der Waals surface area contributed by atoms with E-state index in [-0.39, 0.29) is 30.2 Å². The molecule has 3 N–H and O–H groups in total. The molecule has 5 heterocycles. The monoisotopic (exact) mass is 843 g/mol. The molecule has 1 unspecified atom stereocenters. The average Bonchev–Trinajstić information content (AvgIpc) is 3.74. The SMILES string of the molecule is O=C1CCC(N2C(=O)c3ccc(C4CCN(CCCN5CCN(CCOc6ccc(Oc7c(-c8ccc(O)cc8)sc8cc(O)ccc78)cc6)CC5)CC4)cc3C2=O)C(=O)N1. The van der Waals surface area contributed by atoms with Crippen molar-refractivity contribution < 1.29 is 38.9 Å². The van der Waals surface area contributed by atoms with Crippen molar-refractivity contribution in [2.24, 2.45) is 0 Å². The van der Waals surface area contributed by atoms with Gasteiger partial charge in [0.05, 0.1) is 16.0 Å². The minimum atomic E-state index is -0.952. The van der Waals surface area contributed by atoms with E-state index in [1.54, 1.807) is 30.3 Å². The molecule has 1 atom stereocenters. The zero-order chi connectivity index (χ0) is 42.0. The Hall–Kier alpha value is -5.80. The van der Waals surface area contributed by atoms with Crippen LogP contribution in [0.25, 0.3) is 20.5 Å². The van der Waals surface area contributed by atoms with E-state index in [4.69, 9.17) is 9.47 Å². The van der Waals surface area contributed by atoms with Gasteiger partial charge in [-0.25, -0.2) is 0 Å². The number of carbonyl (C=O) groups is 4. The van der Waals surface area contributed by atoms with Crippen LogP contribution in [-0.4, -0.2) is 125 Å². The van der Waals surface area contributed by atoms with Crippen LogP contribution in [0, 0.1) is 0 Å². The maximum atomic E-state index is 13.3. The van der Waals surface area contributed by atoms with E-state index in [0.29, 0.717) is 35.2 Å². The van der Waals surface area contributed by atoms with Gasteiger partial charge in [0.25, 0.3) is 11.8 Å². The molecule has 0 bridgehead atoms. The number of hydrogen-bond donors (Lipinski definition) is 3. The number of rotatable bonds is 13. The lowest BCUT2D eigenvalue weighted by atomic mass is 9.88. The summed E-state index contributed by atoms with van der Waals surface area (Å²) < 4.78 is 13.5. The molecular formula is C47H49N5O8S. The van der Waals surface area contributed by atoms with Crippen molar-refractivity contribution in [2.75, 3.05) is 65.5 Å². The van der Waals surface area contributed by atoms with Crippen molar-refractivity contribution in [2.45, 2.75) is 44.1 Å². The van der Waals surface area contributed by atoms with E-state index in [1.165, 1.54) is 11.3 Å². The molecule has 4 amide bonds. The van der Waals surface area contributed by atoms with Crippen LogP contribution in [0.5, 0.6) is 28.7 Å². The number of thiophene rings is 1. The summed E-state index contributed by atoms with van der Waals surface area (Å²) in [4.78, 5) is 60.0. The minimum absolute atomic E-state index is 0.105. The normalized spacial score (nSPS) is 19.4. The van der Waals surface area contributed by atoms with E-state index in [0.717, 1.165) is 115 Å². The standard InChI is InChI=1S/C47H49N5O8S/c53-33-5-2-31(3-6-33)44-43(38-13-7-34(54)29-41(38)61-44)60-36-10-8-35(9-11-36)59-27-26-51-24-22-50(23-25-51)19-1-18-49-20-16-30(17-21-49)32-4-12-37-39(28-32)47(58)52(46(37)57)40-14-15-42(55)48-45(40)56/h2-13,28-30,40,53-54H,1,14-27H2,(H,48,55,56). The molecule has 13 nitrogen and oxygen atoms in total. The van der Waals surface area contributed by atoms with Gasteiger partial charge in [-0.15, -0.1) is 11.3 Å². The number of amides is 4. The number of likely N-dealkylation sites (tertiary alicyclic amines) is 1. The van der Waals surface area contributed by atoms with Crippen molar-refractivity contribution in [1.29, 1.82) is 0 Å². The number of carbonyl (C=O) groups excluding carboxylic acids is 4. The Bertz CT molecular complexity index is 2440. The number of fused-ring (bicyclic) bond motifs is 2. The Balaban J connectivity index is 0.679. The van der Waals surface area contributed by atoms with Gasteiger partial charge in [-0.3, -0.25) is 34.3 Å². The molecule has 5 aromatic rings. The lowest BCUT2D eigenvalue weighted by Crippen LogP contribution is -2.54. The first kappa shape index (κ1) is 40.6. The molecule has 3 saturated heterocycles. The molecule has 316 valence electrons. The number of phenols is 2. The van der Waals surface area contributed by atoms with Crippen LogP contribution >= 0.6 is 11.3 Å². The van der Waals surface area contributed by atoms with Crippen LogP contribution in [0.2, 0.25) is 0 Å². The molecule has 61 heavy (non-hydrogen) atoms. The molecule has 1 aromatic heterocycles. The fourth-order valence-corrected chi connectivity index (χ4v) is 10.1. The minimum Gasteiger partial charge on any atom is -0.508 e. The Morgan fingerprint density at radius 3 is 2.05 bits per heavy atom. The van der Waals surface area contributed by atoms with Crippen LogP contribution < -0.4 is 14.8 Å². The quantitative estimate of drug-likeness (QED) is 0.112. The third-order valence-electron chi connectivity index (χ3n) is 12.4. The summed E-state index contributed by atoms with van der Waals surface area (Å²) in [6, 6.07) is 24.5. The molecule has 0 saturated carbocycles. The summed E-state index contributed by atoms with van der Waals surface area (Å²) in [5, 5.41) is 23.0. The first-order chi connectivity index (χ1) is 29.7. The van der Waals surface area contributed by atoms with Crippen molar-refractivity contribution in [3.63, 3.8) is 0 Å². The van der Waals surface area contributed by atoms with Crippen LogP contribution in [0.3, 0.4) is 0 Å². The number of benzene rings is 4. The molecule has 3 fully saturated rings. The van der Waals surface area contributed by atoms with Crippen LogP contribution in [0.1, 0.15) is 64.3 Å². The summed E-state index contributed by atoms with van der Waals surface area (Å²) in [6.07, 6.45) is 3.34. The van der Waals surface area contributed by atoms with Crippen molar-refractivity contribution >= 4 is 45.1 Å². The van der Waals surface area contributed by atoms with E-state index in [9.17, 15) is 29.4 Å². The smallest absolute Gasteiger partial charge is 0.262 e. The molecule has 4 aliphatic heterocycles. The Labute approximate surface area is 358 Å². The number of hydrogen-bond acceptors (Lipinski definition) is 12. The topological polar surface area (TPSA) is 152 Å². The van der Waals surface area contributed by atoms with Gasteiger partial charge in [0.2, 0.25) is 11.8 Å². The average molecular weight is 844 g/mol. The Morgan fingerprint density at radius 1 is 0.672 bits per heavy atom. The lowest BCUT2D eigenvalue weighted by Gasteiger charge is -2.36. The highest BCUT2D eigenvalue weighted by Gasteiger charge is 2.45. The number of ether oxygens (including phenoxy) is 2. The predicted octanol–water partition coefficient (Wildman–Crippen LogP) is 6.44. The zero-order valence-electron chi connectivity index (χ0n) is 33.9. The number of imide groups is 2. The first-order valence-corrected chi connectivity index (χ1v) is 22.0. The second-order valence-electron chi connectivity index (χ2n) is 16.3. The van der Waals surface area contributed by atoms with Gasteiger partial charge in [-0.05, 0) is 148 Å². The van der Waals surface area contributed by atoms with Crippen LogP contribution in [0.15, 0.2) is 84.9 Å². The second-order valence-corrected chi connectivity index (χ2v) is 17.4. The highest BCUT2D eigenvalue weighted by Crippen LogP contribution is 2.47. The highest BCUT2D eigenvalue weighted by molar-refractivity contribution is 7.22. The van der Waals surface area contributed by atoms with Crippen LogP contribution in [0.4, 0.5) is 0 Å². The number of piperidine rings is 2. The highest BCUT2D eigenvalue weighted by atomic mass is 32.1. The van der Waals surface area contributed by atoms with Crippen LogP contribution in [-0.2, 0) is 9.59 Å². The third kappa shape index (κ3) is 8.85. The lowest BCUT2D eigenvalue weighted by molar-refractivity contribution is -0.136. The molecule has 0 aliphatic carbocycles. The third-order valence-corrected chi connectivity index (χ3v) is 13.6. The number of aromatic hydroxyl groups is 2. The number of piperazine rings is 1. The van der Waals surface area contributed by atoms with Gasteiger partial charge in [0, 0.05) is 49.2 Å². The molecule has 4 aromatic carbocycles. The van der Waals surface area contributed by atoms with E-state index in [2.05, 4.69) is 20.0 Å². The summed E-state index contributed by atoms with van der Waals surface area (Å²) in [5.41, 5.74) is 2.66. The molecule has 4 aliphatic rings. The fourth-order valence-electron chi connectivity index (χ4n) is 8.97. The summed E-state index contributed by atoms with van der Waals surface area (Å²) in [7, 11) is 0. The van der Waals surface area contributed by atoms with E-state index >= 15 is 0 Å². The van der Waals surface area contributed by atoms with E-state index in [1.807, 2.05) is 54.6 Å². The maximum Gasteiger partial charge on any atom is 0.262 e. The number of phenolic OH excluding ortho intramolecular Hbond substituents is 2. The van der Waals surface area contributed by atoms with Crippen molar-refractivity contribution in [3.8, 4) is 39.2 Å². The van der Waals surface area contributed by atoms with Gasteiger partial charge in [0.15, 0.2) is 5.75 Å². The zero-order valence-corrected chi connectivity index (χ0v) is 34.7. The summed E-state index contributed by atoms with van der Waals surface area (Å²) >= 11 is 1.53. The van der Waals surface area contributed by atoms with Gasteiger partial charge in [-0.1, -0.05) is 6.07 Å². The fraction of sp³-hybridized carbons (Fsp3) is 0.362. The predicted molar refractivity (Wildman–Crippen MR) is 232 cm³/mol. The number of nitrogens with one attached hydrogen (secondary N) is 1. The van der Waals surface area contributed by atoms with Crippen molar-refractivity contribution in [3.05, 3.63) is 102 Å². The number of nitrogens with zero attached hydrogens (tertiary/aromatic N) is 4. The molecular weight excluding hydrogens is 795 g/mol. The molecule has 14 heteroatoms. The summed E-state index contributed by atoms with van der Waals surface area (Å²) in [5.74, 6) is 0.978.